The Labute approximate surface area is 125 Å². The minimum Gasteiger partial charge on any atom is -0.256 e. The molecule has 1 saturated carbocycles. The van der Waals surface area contributed by atoms with Crippen molar-refractivity contribution in [2.75, 3.05) is 0 Å². The van der Waals surface area contributed by atoms with E-state index in [1.165, 1.54) is 6.07 Å². The van der Waals surface area contributed by atoms with E-state index in [0.717, 1.165) is 24.1 Å². The van der Waals surface area contributed by atoms with Gasteiger partial charge in [0.1, 0.15) is 0 Å². The fourth-order valence-electron chi connectivity index (χ4n) is 2.33. The van der Waals surface area contributed by atoms with Crippen molar-refractivity contribution >= 4 is 11.8 Å². The van der Waals surface area contributed by atoms with Crippen molar-refractivity contribution in [1.82, 2.24) is 9.82 Å². The molecule has 0 unspecified atom stereocenters. The Balaban J connectivity index is 1.84. The number of hydrogen-bond donors (Lipinski definition) is 1. The molecule has 1 fully saturated rings. The Morgan fingerprint density at radius 1 is 1.19 bits per heavy atom. The molecule has 1 heterocycles. The van der Waals surface area contributed by atoms with Crippen molar-refractivity contribution in [3.05, 3.63) is 53.7 Å². The standard InChI is InChI=1S/C15H12ClF3N2/c16-21-14-7-12(14)10-4-5-13(20-8-10)9-2-1-3-11(6-9)15(17,18)19/h1-6,8,12,14,21H,7H2/t12-,14+/m1/s1. The van der Waals surface area contributed by atoms with Gasteiger partial charge in [-0.2, -0.15) is 13.2 Å². The maximum absolute atomic E-state index is 12.7. The lowest BCUT2D eigenvalue weighted by atomic mass is 10.1. The molecule has 2 nitrogen and oxygen atoms in total. The first kappa shape index (κ1) is 14.4. The van der Waals surface area contributed by atoms with E-state index in [-0.39, 0.29) is 6.04 Å². The zero-order valence-corrected chi connectivity index (χ0v) is 11.6. The number of rotatable bonds is 3. The van der Waals surface area contributed by atoms with E-state index in [0.29, 0.717) is 17.2 Å². The first-order valence-electron chi connectivity index (χ1n) is 6.49. The Morgan fingerprint density at radius 3 is 2.57 bits per heavy atom. The van der Waals surface area contributed by atoms with Crippen LogP contribution in [0.1, 0.15) is 23.5 Å². The summed E-state index contributed by atoms with van der Waals surface area (Å²) in [7, 11) is 0. The fourth-order valence-corrected chi connectivity index (χ4v) is 2.58. The van der Waals surface area contributed by atoms with E-state index < -0.39 is 11.7 Å². The molecule has 0 saturated heterocycles. The minimum atomic E-state index is -4.34. The summed E-state index contributed by atoms with van der Waals surface area (Å²) in [5.41, 5.74) is 1.36. The fraction of sp³-hybridized carbons (Fsp3) is 0.267. The SMILES string of the molecule is FC(F)(F)c1cccc(-c2ccc([C@H]3C[C@@H]3NCl)cn2)c1. The molecule has 1 N–H and O–H groups in total. The van der Waals surface area contributed by atoms with Crippen molar-refractivity contribution in [3.63, 3.8) is 0 Å². The van der Waals surface area contributed by atoms with Crippen LogP contribution in [-0.4, -0.2) is 11.0 Å². The number of alkyl halides is 3. The highest BCUT2D eigenvalue weighted by Crippen LogP contribution is 2.41. The molecule has 0 amide bonds. The van der Waals surface area contributed by atoms with Gasteiger partial charge < -0.3 is 0 Å². The highest BCUT2D eigenvalue weighted by molar-refractivity contribution is 6.13. The molecular formula is C15H12ClF3N2. The third-order valence-corrected chi connectivity index (χ3v) is 3.91. The molecule has 21 heavy (non-hydrogen) atoms. The van der Waals surface area contributed by atoms with Crippen LogP contribution in [0.3, 0.4) is 0 Å². The van der Waals surface area contributed by atoms with E-state index in [2.05, 4.69) is 9.82 Å². The molecule has 1 aliphatic carbocycles. The molecule has 2 aromatic rings. The lowest BCUT2D eigenvalue weighted by Gasteiger charge is -2.09. The Bertz CT molecular complexity index is 640. The van der Waals surface area contributed by atoms with Gasteiger partial charge in [0.15, 0.2) is 0 Å². The summed E-state index contributed by atoms with van der Waals surface area (Å²) in [5.74, 6) is 0.338. The molecule has 2 atom stereocenters. The number of halogens is 4. The van der Waals surface area contributed by atoms with Crippen LogP contribution in [0.4, 0.5) is 13.2 Å². The number of aromatic nitrogens is 1. The quantitative estimate of drug-likeness (QED) is 0.851. The molecule has 0 aliphatic heterocycles. The number of benzene rings is 1. The van der Waals surface area contributed by atoms with E-state index in [1.54, 1.807) is 18.3 Å². The Kier molecular flexibility index (Phi) is 3.63. The van der Waals surface area contributed by atoms with Crippen LogP contribution in [-0.2, 0) is 6.18 Å². The second-order valence-corrected chi connectivity index (χ2v) is 5.33. The summed E-state index contributed by atoms with van der Waals surface area (Å²) in [4.78, 5) is 6.94. The maximum Gasteiger partial charge on any atom is 0.416 e. The molecule has 1 aromatic heterocycles. The maximum atomic E-state index is 12.7. The van der Waals surface area contributed by atoms with Gasteiger partial charge in [-0.25, -0.2) is 4.84 Å². The summed E-state index contributed by atoms with van der Waals surface area (Å²) < 4.78 is 38.1. The summed E-state index contributed by atoms with van der Waals surface area (Å²) in [6, 6.07) is 9.07. The van der Waals surface area contributed by atoms with E-state index in [4.69, 9.17) is 11.8 Å². The summed E-state index contributed by atoms with van der Waals surface area (Å²) in [6.07, 6.45) is -1.69. The highest BCUT2D eigenvalue weighted by atomic mass is 35.5. The van der Waals surface area contributed by atoms with Crippen LogP contribution in [0.15, 0.2) is 42.6 Å². The summed E-state index contributed by atoms with van der Waals surface area (Å²) in [6.45, 7) is 0. The third kappa shape index (κ3) is 3.04. The monoisotopic (exact) mass is 312 g/mol. The lowest BCUT2D eigenvalue weighted by Crippen LogP contribution is -2.04. The number of nitrogens with zero attached hydrogens (tertiary/aromatic N) is 1. The van der Waals surface area contributed by atoms with E-state index in [9.17, 15) is 13.2 Å². The van der Waals surface area contributed by atoms with Crippen molar-refractivity contribution in [1.29, 1.82) is 0 Å². The Hall–Kier alpha value is -1.59. The first-order chi connectivity index (χ1) is 9.99. The van der Waals surface area contributed by atoms with Gasteiger partial charge in [-0.15, -0.1) is 0 Å². The molecule has 0 radical (unpaired) electrons. The van der Waals surface area contributed by atoms with Crippen molar-refractivity contribution in [2.45, 2.75) is 24.6 Å². The molecule has 0 bridgehead atoms. The molecule has 6 heteroatoms. The van der Waals surface area contributed by atoms with Gasteiger partial charge >= 0.3 is 6.18 Å². The van der Waals surface area contributed by atoms with Gasteiger partial charge in [0.25, 0.3) is 0 Å². The molecule has 1 aromatic carbocycles. The van der Waals surface area contributed by atoms with Crippen LogP contribution < -0.4 is 4.84 Å². The average molecular weight is 313 g/mol. The number of pyridine rings is 1. The number of nitrogens with one attached hydrogen (secondary N) is 1. The molecular weight excluding hydrogens is 301 g/mol. The van der Waals surface area contributed by atoms with Crippen molar-refractivity contribution in [3.8, 4) is 11.3 Å². The van der Waals surface area contributed by atoms with Gasteiger partial charge in [-0.1, -0.05) is 18.2 Å². The summed E-state index contributed by atoms with van der Waals surface area (Å²) in [5, 5.41) is 0. The molecule has 1 aliphatic rings. The Morgan fingerprint density at radius 2 is 2.00 bits per heavy atom. The lowest BCUT2D eigenvalue weighted by molar-refractivity contribution is -0.137. The predicted molar refractivity (Wildman–Crippen MR) is 74.8 cm³/mol. The van der Waals surface area contributed by atoms with Crippen molar-refractivity contribution in [2.24, 2.45) is 0 Å². The second kappa shape index (κ2) is 5.31. The highest BCUT2D eigenvalue weighted by Gasteiger charge is 2.38. The first-order valence-corrected chi connectivity index (χ1v) is 6.86. The average Bonchev–Trinajstić information content (AvgIpc) is 3.26. The predicted octanol–water partition coefficient (Wildman–Crippen LogP) is 4.37. The molecule has 110 valence electrons. The van der Waals surface area contributed by atoms with Gasteiger partial charge in [0.2, 0.25) is 0 Å². The van der Waals surface area contributed by atoms with Crippen LogP contribution in [0.2, 0.25) is 0 Å². The molecule has 0 spiro atoms. The minimum absolute atomic E-state index is 0.257. The van der Waals surface area contributed by atoms with E-state index in [1.807, 2.05) is 6.07 Å². The smallest absolute Gasteiger partial charge is 0.256 e. The van der Waals surface area contributed by atoms with Crippen LogP contribution >= 0.6 is 11.8 Å². The molecule has 3 rings (SSSR count). The van der Waals surface area contributed by atoms with Gasteiger partial charge in [-0.05, 0) is 42.0 Å². The largest absolute Gasteiger partial charge is 0.416 e. The normalized spacial score (nSPS) is 21.3. The third-order valence-electron chi connectivity index (χ3n) is 3.63. The zero-order chi connectivity index (χ0) is 15.0. The van der Waals surface area contributed by atoms with Crippen LogP contribution in [0.25, 0.3) is 11.3 Å². The zero-order valence-electron chi connectivity index (χ0n) is 10.9. The van der Waals surface area contributed by atoms with E-state index >= 15 is 0 Å². The van der Waals surface area contributed by atoms with Gasteiger partial charge in [0, 0.05) is 23.7 Å². The van der Waals surface area contributed by atoms with Crippen LogP contribution in [0.5, 0.6) is 0 Å². The van der Waals surface area contributed by atoms with Crippen molar-refractivity contribution < 1.29 is 13.2 Å². The topological polar surface area (TPSA) is 24.9 Å². The number of hydrogen-bond acceptors (Lipinski definition) is 2. The second-order valence-electron chi connectivity index (χ2n) is 5.11. The van der Waals surface area contributed by atoms with Gasteiger partial charge in [0.05, 0.1) is 11.3 Å². The van der Waals surface area contributed by atoms with Gasteiger partial charge in [-0.3, -0.25) is 4.98 Å². The summed E-state index contributed by atoms with van der Waals surface area (Å²) >= 11 is 5.55. The van der Waals surface area contributed by atoms with Crippen LogP contribution in [0, 0.1) is 0 Å².